The van der Waals surface area contributed by atoms with Gasteiger partial charge in [0.25, 0.3) is 5.92 Å². The highest BCUT2D eigenvalue weighted by atomic mass is 32.2. The van der Waals surface area contributed by atoms with Gasteiger partial charge in [0, 0.05) is 17.5 Å². The maximum absolute atomic E-state index is 13.8. The van der Waals surface area contributed by atoms with E-state index in [-0.39, 0.29) is 17.9 Å². The summed E-state index contributed by atoms with van der Waals surface area (Å²) in [5, 5.41) is 9.73. The zero-order chi connectivity index (χ0) is 17.0. The van der Waals surface area contributed by atoms with Crippen LogP contribution in [0.3, 0.4) is 0 Å². The molecule has 0 aliphatic heterocycles. The molecule has 0 radical (unpaired) electrons. The Kier molecular flexibility index (Phi) is 3.83. The minimum Gasteiger partial charge on any atom is -0.493 e. The molecule has 0 heterocycles. The fourth-order valence-corrected chi connectivity index (χ4v) is 3.61. The van der Waals surface area contributed by atoms with Gasteiger partial charge in [-0.15, -0.1) is 0 Å². The van der Waals surface area contributed by atoms with E-state index in [2.05, 4.69) is 0 Å². The van der Waals surface area contributed by atoms with Crippen LogP contribution in [0.5, 0.6) is 5.75 Å². The van der Waals surface area contributed by atoms with Gasteiger partial charge in [0.2, 0.25) is 9.84 Å². The minimum absolute atomic E-state index is 0.0105. The predicted octanol–water partition coefficient (Wildman–Crippen LogP) is 2.70. The number of hydrogen-bond acceptors (Lipinski definition) is 4. The van der Waals surface area contributed by atoms with E-state index in [4.69, 9.17) is 4.74 Å². The molecule has 1 atom stereocenters. The summed E-state index contributed by atoms with van der Waals surface area (Å²) in [6.07, 6.45) is -1.49. The number of ether oxygens (including phenoxy) is 1. The van der Waals surface area contributed by atoms with Crippen LogP contribution in [0.2, 0.25) is 0 Å². The molecule has 1 saturated carbocycles. The van der Waals surface area contributed by atoms with Crippen molar-refractivity contribution in [1.29, 1.82) is 0 Å². The summed E-state index contributed by atoms with van der Waals surface area (Å²) in [5.74, 6) is -7.06. The number of fused-ring (bicyclic) bond motifs is 1. The molecular weight excluding hydrogens is 340 g/mol. The first kappa shape index (κ1) is 16.5. The van der Waals surface area contributed by atoms with Crippen molar-refractivity contribution >= 4 is 9.84 Å². The van der Waals surface area contributed by atoms with Crippen molar-refractivity contribution in [3.8, 4) is 5.75 Å². The lowest BCUT2D eigenvalue weighted by Gasteiger charge is -2.16. The standard InChI is InChI=1S/C14H14F4O4S/c15-13(16)23(20,21)10-4-3-9(22-6-7-1-2-7)8-5-14(17,18)12(19)11(8)10/h3-4,7,12-13,19H,1-2,5-6H2/t12-/m0/s1. The van der Waals surface area contributed by atoms with Gasteiger partial charge >= 0.3 is 5.76 Å². The molecule has 3 rings (SSSR count). The molecule has 2 aliphatic carbocycles. The van der Waals surface area contributed by atoms with Gasteiger partial charge in [-0.3, -0.25) is 0 Å². The third kappa shape index (κ3) is 2.80. The number of rotatable bonds is 5. The van der Waals surface area contributed by atoms with E-state index >= 15 is 0 Å². The quantitative estimate of drug-likeness (QED) is 0.826. The average molecular weight is 354 g/mol. The molecule has 128 valence electrons. The lowest BCUT2D eigenvalue weighted by molar-refractivity contribution is -0.0976. The van der Waals surface area contributed by atoms with Gasteiger partial charge in [0.05, 0.1) is 11.5 Å². The molecule has 0 unspecified atom stereocenters. The first-order chi connectivity index (χ1) is 10.6. The Balaban J connectivity index is 2.09. The molecule has 0 saturated heterocycles. The van der Waals surface area contributed by atoms with Crippen molar-refractivity contribution in [3.05, 3.63) is 23.3 Å². The van der Waals surface area contributed by atoms with Crippen LogP contribution in [-0.4, -0.2) is 31.8 Å². The van der Waals surface area contributed by atoms with Gasteiger partial charge in [-0.1, -0.05) is 0 Å². The van der Waals surface area contributed by atoms with E-state index in [1.54, 1.807) is 0 Å². The smallest absolute Gasteiger partial charge is 0.341 e. The molecule has 0 bridgehead atoms. The highest BCUT2D eigenvalue weighted by molar-refractivity contribution is 7.91. The van der Waals surface area contributed by atoms with Crippen LogP contribution in [0.4, 0.5) is 17.6 Å². The van der Waals surface area contributed by atoms with Gasteiger partial charge < -0.3 is 9.84 Å². The fourth-order valence-electron chi connectivity index (χ4n) is 2.62. The van der Waals surface area contributed by atoms with Crippen molar-refractivity contribution < 1.29 is 35.8 Å². The fraction of sp³-hybridized carbons (Fsp3) is 0.571. The number of sulfone groups is 1. The molecule has 1 fully saturated rings. The molecule has 23 heavy (non-hydrogen) atoms. The van der Waals surface area contributed by atoms with Crippen molar-refractivity contribution in [1.82, 2.24) is 0 Å². The van der Waals surface area contributed by atoms with Crippen molar-refractivity contribution in [3.63, 3.8) is 0 Å². The second-order valence-electron chi connectivity index (χ2n) is 5.85. The van der Waals surface area contributed by atoms with Gasteiger partial charge in [-0.2, -0.15) is 8.78 Å². The van der Waals surface area contributed by atoms with E-state index < -0.39 is 44.5 Å². The Morgan fingerprint density at radius 1 is 1.30 bits per heavy atom. The predicted molar refractivity (Wildman–Crippen MR) is 71.5 cm³/mol. The topological polar surface area (TPSA) is 63.6 Å². The summed E-state index contributed by atoms with van der Waals surface area (Å²) in [5.41, 5.74) is -0.895. The number of benzene rings is 1. The van der Waals surface area contributed by atoms with E-state index in [9.17, 15) is 31.1 Å². The Morgan fingerprint density at radius 3 is 2.52 bits per heavy atom. The Hall–Kier alpha value is -1.35. The SMILES string of the molecule is O=S(=O)(c1ccc(OCC2CC2)c2c1[C@H](O)C(F)(F)C2)C(F)F. The number of hydrogen-bond donors (Lipinski definition) is 1. The van der Waals surface area contributed by atoms with Gasteiger partial charge in [-0.25, -0.2) is 17.2 Å². The Bertz CT molecular complexity index is 729. The summed E-state index contributed by atoms with van der Waals surface area (Å²) in [7, 11) is -5.10. The lowest BCUT2D eigenvalue weighted by Crippen LogP contribution is -2.23. The molecule has 1 N–H and O–H groups in total. The van der Waals surface area contributed by atoms with Gasteiger partial charge in [0.1, 0.15) is 11.9 Å². The van der Waals surface area contributed by atoms with Crippen LogP contribution in [0.1, 0.15) is 30.1 Å². The molecule has 0 aromatic heterocycles. The van der Waals surface area contributed by atoms with Crippen molar-refractivity contribution in [2.75, 3.05) is 6.61 Å². The molecule has 1 aromatic carbocycles. The highest BCUT2D eigenvalue weighted by Crippen LogP contribution is 2.49. The number of aliphatic hydroxyl groups is 1. The zero-order valence-electron chi connectivity index (χ0n) is 11.8. The highest BCUT2D eigenvalue weighted by Gasteiger charge is 2.51. The van der Waals surface area contributed by atoms with Crippen LogP contribution < -0.4 is 4.74 Å². The molecule has 4 nitrogen and oxygen atoms in total. The molecular formula is C14H14F4O4S. The lowest BCUT2D eigenvalue weighted by atomic mass is 10.1. The van der Waals surface area contributed by atoms with Gasteiger partial charge in [0.15, 0.2) is 0 Å². The largest absolute Gasteiger partial charge is 0.493 e. The summed E-state index contributed by atoms with van der Waals surface area (Å²) >= 11 is 0. The number of alkyl halides is 4. The minimum atomic E-state index is -5.10. The molecule has 0 spiro atoms. The summed E-state index contributed by atoms with van der Waals surface area (Å²) < 4.78 is 81.9. The summed E-state index contributed by atoms with van der Waals surface area (Å²) in [6.45, 7) is 0.287. The van der Waals surface area contributed by atoms with E-state index in [0.717, 1.165) is 25.0 Å². The average Bonchev–Trinajstić information content (AvgIpc) is 3.24. The first-order valence-electron chi connectivity index (χ1n) is 7.01. The molecule has 0 amide bonds. The number of aliphatic hydroxyl groups excluding tert-OH is 1. The first-order valence-corrected chi connectivity index (χ1v) is 8.55. The third-order valence-electron chi connectivity index (χ3n) is 4.07. The Morgan fingerprint density at radius 2 is 1.96 bits per heavy atom. The third-order valence-corrected chi connectivity index (χ3v) is 5.51. The number of halogens is 4. The molecule has 9 heteroatoms. The zero-order valence-corrected chi connectivity index (χ0v) is 12.6. The van der Waals surface area contributed by atoms with Crippen LogP contribution in [0, 0.1) is 5.92 Å². The monoisotopic (exact) mass is 354 g/mol. The molecule has 1 aromatic rings. The van der Waals surface area contributed by atoms with Crippen molar-refractivity contribution in [2.45, 2.75) is 41.9 Å². The van der Waals surface area contributed by atoms with Crippen LogP contribution in [-0.2, 0) is 16.3 Å². The Labute approximate surface area is 130 Å². The van der Waals surface area contributed by atoms with E-state index in [0.29, 0.717) is 5.92 Å². The van der Waals surface area contributed by atoms with E-state index in [1.807, 2.05) is 0 Å². The van der Waals surface area contributed by atoms with Crippen LogP contribution >= 0.6 is 0 Å². The maximum Gasteiger partial charge on any atom is 0.341 e. The van der Waals surface area contributed by atoms with Crippen LogP contribution in [0.25, 0.3) is 0 Å². The van der Waals surface area contributed by atoms with Crippen molar-refractivity contribution in [2.24, 2.45) is 5.92 Å². The maximum atomic E-state index is 13.8. The van der Waals surface area contributed by atoms with Gasteiger partial charge in [-0.05, 0) is 30.9 Å². The second kappa shape index (κ2) is 5.34. The van der Waals surface area contributed by atoms with Crippen LogP contribution in [0.15, 0.2) is 17.0 Å². The summed E-state index contributed by atoms with van der Waals surface area (Å²) in [4.78, 5) is -0.967. The second-order valence-corrected chi connectivity index (χ2v) is 7.74. The summed E-state index contributed by atoms with van der Waals surface area (Å²) in [6, 6.07) is 1.90. The molecule has 2 aliphatic rings. The normalized spacial score (nSPS) is 23.1. The van der Waals surface area contributed by atoms with E-state index in [1.165, 1.54) is 0 Å².